The van der Waals surface area contributed by atoms with Gasteiger partial charge in [0.2, 0.25) is 0 Å². The molecule has 7 nitrogen and oxygen atoms in total. The van der Waals surface area contributed by atoms with E-state index in [0.717, 1.165) is 35.7 Å². The third-order valence-corrected chi connectivity index (χ3v) is 6.99. The van der Waals surface area contributed by atoms with Gasteiger partial charge in [0.15, 0.2) is 5.82 Å². The van der Waals surface area contributed by atoms with Crippen molar-refractivity contribution in [1.82, 2.24) is 14.9 Å². The Bertz CT molecular complexity index is 1230. The lowest BCUT2D eigenvalue weighted by Crippen LogP contribution is -2.47. The van der Waals surface area contributed by atoms with Gasteiger partial charge in [0.05, 0.1) is 34.5 Å². The molecule has 2 amide bonds. The Hall–Kier alpha value is -2.87. The zero-order valence-corrected chi connectivity index (χ0v) is 21.2. The quantitative estimate of drug-likeness (QED) is 0.491. The van der Waals surface area contributed by atoms with Crippen molar-refractivity contribution in [2.75, 3.05) is 29.9 Å². The Morgan fingerprint density at radius 3 is 2.49 bits per heavy atom. The standard InChI is InChI=1S/C26H27Cl2N5O2/c1-16-13-33(14-17(2)35-16)25-20-15-32(26(34)29-19-8-9-21(27)22(28)12-19)11-10-23(20)30-24(31-25)18-6-4-3-5-7-18/h3-9,12,16-17H,10-11,13-15H2,1-2H3,(H,29,34). The second-order valence-corrected chi connectivity index (χ2v) is 9.87. The zero-order valence-electron chi connectivity index (χ0n) is 19.7. The van der Waals surface area contributed by atoms with Gasteiger partial charge < -0.3 is 19.9 Å². The van der Waals surface area contributed by atoms with Gasteiger partial charge in [-0.15, -0.1) is 0 Å². The number of nitrogens with zero attached hydrogens (tertiary/aromatic N) is 4. The normalized spacial score (nSPS) is 19.9. The summed E-state index contributed by atoms with van der Waals surface area (Å²) in [7, 11) is 0. The number of hydrogen-bond acceptors (Lipinski definition) is 5. The molecule has 0 spiro atoms. The Balaban J connectivity index is 1.46. The molecule has 0 aliphatic carbocycles. The van der Waals surface area contributed by atoms with Crippen LogP contribution in [0.3, 0.4) is 0 Å². The van der Waals surface area contributed by atoms with Gasteiger partial charge in [-0.05, 0) is 32.0 Å². The maximum Gasteiger partial charge on any atom is 0.322 e. The SMILES string of the molecule is CC1CN(c2nc(-c3ccccc3)nc3c2CN(C(=O)Nc2ccc(Cl)c(Cl)c2)CC3)CC(C)O1. The maximum atomic E-state index is 13.1. The first-order chi connectivity index (χ1) is 16.9. The van der Waals surface area contributed by atoms with E-state index in [9.17, 15) is 4.79 Å². The lowest BCUT2D eigenvalue weighted by Gasteiger charge is -2.39. The molecule has 1 saturated heterocycles. The van der Waals surface area contributed by atoms with Crippen molar-refractivity contribution >= 4 is 40.7 Å². The van der Waals surface area contributed by atoms with Gasteiger partial charge in [-0.25, -0.2) is 14.8 Å². The van der Waals surface area contributed by atoms with Gasteiger partial charge in [0, 0.05) is 42.9 Å². The minimum atomic E-state index is -0.198. The highest BCUT2D eigenvalue weighted by atomic mass is 35.5. The van der Waals surface area contributed by atoms with Crippen molar-refractivity contribution in [3.05, 3.63) is 69.8 Å². The number of aromatic nitrogens is 2. The van der Waals surface area contributed by atoms with Crippen molar-refractivity contribution in [2.24, 2.45) is 0 Å². The van der Waals surface area contributed by atoms with Crippen LogP contribution in [0.15, 0.2) is 48.5 Å². The minimum absolute atomic E-state index is 0.0854. The Labute approximate surface area is 215 Å². The highest BCUT2D eigenvalue weighted by Crippen LogP contribution is 2.32. The van der Waals surface area contributed by atoms with Crippen LogP contribution in [-0.2, 0) is 17.7 Å². The molecular formula is C26H27Cl2N5O2. The summed E-state index contributed by atoms with van der Waals surface area (Å²) in [6, 6.07) is 14.9. The maximum absolute atomic E-state index is 13.1. The van der Waals surface area contributed by atoms with Gasteiger partial charge in [-0.1, -0.05) is 53.5 Å². The smallest absolute Gasteiger partial charge is 0.322 e. The number of benzene rings is 2. The number of halogens is 2. The summed E-state index contributed by atoms with van der Waals surface area (Å²) >= 11 is 12.1. The largest absolute Gasteiger partial charge is 0.372 e. The van der Waals surface area contributed by atoms with Crippen LogP contribution in [0, 0.1) is 0 Å². The van der Waals surface area contributed by atoms with Crippen LogP contribution >= 0.6 is 23.2 Å². The van der Waals surface area contributed by atoms with E-state index in [1.54, 1.807) is 23.1 Å². The van der Waals surface area contributed by atoms with Gasteiger partial charge >= 0.3 is 6.03 Å². The molecule has 1 fully saturated rings. The predicted octanol–water partition coefficient (Wildman–Crippen LogP) is 5.65. The first-order valence-corrected chi connectivity index (χ1v) is 12.5. The Morgan fingerprint density at radius 1 is 1.03 bits per heavy atom. The fourth-order valence-electron chi connectivity index (χ4n) is 4.68. The summed E-state index contributed by atoms with van der Waals surface area (Å²) in [5, 5.41) is 3.77. The van der Waals surface area contributed by atoms with E-state index in [0.29, 0.717) is 41.1 Å². The number of nitrogens with one attached hydrogen (secondary N) is 1. The highest BCUT2D eigenvalue weighted by molar-refractivity contribution is 6.42. The number of hydrogen-bond donors (Lipinski definition) is 1. The molecular weight excluding hydrogens is 485 g/mol. The number of rotatable bonds is 3. The van der Waals surface area contributed by atoms with Crippen LogP contribution < -0.4 is 10.2 Å². The van der Waals surface area contributed by atoms with E-state index in [1.807, 2.05) is 30.3 Å². The summed E-state index contributed by atoms with van der Waals surface area (Å²) in [5.41, 5.74) is 3.55. The number of urea groups is 1. The van der Waals surface area contributed by atoms with Crippen LogP contribution in [-0.4, -0.2) is 52.7 Å². The topological polar surface area (TPSA) is 70.6 Å². The molecule has 2 unspecified atom stereocenters. The molecule has 0 saturated carbocycles. The minimum Gasteiger partial charge on any atom is -0.372 e. The first-order valence-electron chi connectivity index (χ1n) is 11.7. The lowest BCUT2D eigenvalue weighted by atomic mass is 10.0. The van der Waals surface area contributed by atoms with Crippen LogP contribution in [0.1, 0.15) is 25.1 Å². The first kappa shape index (κ1) is 23.9. The van der Waals surface area contributed by atoms with E-state index in [4.69, 9.17) is 37.9 Å². The fraction of sp³-hybridized carbons (Fsp3) is 0.346. The van der Waals surface area contributed by atoms with Crippen molar-refractivity contribution in [1.29, 1.82) is 0 Å². The molecule has 0 radical (unpaired) electrons. The molecule has 0 bridgehead atoms. The van der Waals surface area contributed by atoms with Gasteiger partial charge in [-0.3, -0.25) is 0 Å². The third-order valence-electron chi connectivity index (χ3n) is 6.25. The van der Waals surface area contributed by atoms with E-state index >= 15 is 0 Å². The van der Waals surface area contributed by atoms with Crippen LogP contribution in [0.2, 0.25) is 10.0 Å². The number of carbonyl (C=O) groups is 1. The van der Waals surface area contributed by atoms with Crippen LogP contribution in [0.4, 0.5) is 16.3 Å². The van der Waals surface area contributed by atoms with Crippen molar-refractivity contribution in [3.63, 3.8) is 0 Å². The molecule has 5 rings (SSSR count). The van der Waals surface area contributed by atoms with Crippen molar-refractivity contribution in [2.45, 2.75) is 39.0 Å². The summed E-state index contributed by atoms with van der Waals surface area (Å²) in [5.74, 6) is 1.59. The number of fused-ring (bicyclic) bond motifs is 1. The van der Waals surface area contributed by atoms with Gasteiger partial charge in [0.1, 0.15) is 5.82 Å². The van der Waals surface area contributed by atoms with E-state index < -0.39 is 0 Å². The highest BCUT2D eigenvalue weighted by Gasteiger charge is 2.31. The second kappa shape index (κ2) is 10.0. The number of morpholine rings is 1. The summed E-state index contributed by atoms with van der Waals surface area (Å²) in [6.07, 6.45) is 0.818. The number of amides is 2. The molecule has 2 aromatic carbocycles. The number of ether oxygens (including phenoxy) is 1. The molecule has 35 heavy (non-hydrogen) atoms. The number of carbonyl (C=O) groups excluding carboxylic acids is 1. The Kier molecular flexibility index (Phi) is 6.82. The van der Waals surface area contributed by atoms with Gasteiger partial charge in [-0.2, -0.15) is 0 Å². The monoisotopic (exact) mass is 511 g/mol. The summed E-state index contributed by atoms with van der Waals surface area (Å²) in [6.45, 7) is 6.60. The van der Waals surface area contributed by atoms with Crippen molar-refractivity contribution in [3.8, 4) is 11.4 Å². The molecule has 2 atom stereocenters. The molecule has 3 heterocycles. The van der Waals surface area contributed by atoms with E-state index in [-0.39, 0.29) is 18.2 Å². The summed E-state index contributed by atoms with van der Waals surface area (Å²) in [4.78, 5) is 27.1. The zero-order chi connectivity index (χ0) is 24.5. The third kappa shape index (κ3) is 5.22. The molecule has 1 aromatic heterocycles. The average Bonchev–Trinajstić information content (AvgIpc) is 2.85. The van der Waals surface area contributed by atoms with E-state index in [2.05, 4.69) is 24.1 Å². The van der Waals surface area contributed by atoms with Crippen LogP contribution in [0.25, 0.3) is 11.4 Å². The van der Waals surface area contributed by atoms with Crippen molar-refractivity contribution < 1.29 is 9.53 Å². The van der Waals surface area contributed by atoms with Gasteiger partial charge in [0.25, 0.3) is 0 Å². The predicted molar refractivity (Wildman–Crippen MR) is 139 cm³/mol. The molecule has 1 N–H and O–H groups in total. The molecule has 2 aliphatic rings. The number of anilines is 2. The molecule has 2 aliphatic heterocycles. The average molecular weight is 512 g/mol. The lowest BCUT2D eigenvalue weighted by molar-refractivity contribution is -0.00556. The fourth-order valence-corrected chi connectivity index (χ4v) is 4.97. The van der Waals surface area contributed by atoms with E-state index in [1.165, 1.54) is 0 Å². The molecule has 3 aromatic rings. The molecule has 9 heteroatoms. The van der Waals surface area contributed by atoms with Crippen LogP contribution in [0.5, 0.6) is 0 Å². The Morgan fingerprint density at radius 2 is 1.77 bits per heavy atom. The second-order valence-electron chi connectivity index (χ2n) is 9.05. The molecule has 182 valence electrons. The summed E-state index contributed by atoms with van der Waals surface area (Å²) < 4.78 is 5.96.